The third-order valence-electron chi connectivity index (χ3n) is 2.90. The smallest absolute Gasteiger partial charge is 0.252 e. The summed E-state index contributed by atoms with van der Waals surface area (Å²) in [6.45, 7) is 4.77. The van der Waals surface area contributed by atoms with E-state index in [9.17, 15) is 4.79 Å². The Bertz CT molecular complexity index is 520. The first-order valence-electron chi connectivity index (χ1n) is 6.22. The second kappa shape index (κ2) is 5.61. The van der Waals surface area contributed by atoms with Gasteiger partial charge < -0.3 is 14.8 Å². The summed E-state index contributed by atoms with van der Waals surface area (Å²) >= 11 is 0. The number of amides is 1. The van der Waals surface area contributed by atoms with Crippen molar-refractivity contribution < 1.29 is 14.3 Å². The lowest BCUT2D eigenvalue weighted by atomic mass is 10.1. The lowest BCUT2D eigenvalue weighted by Crippen LogP contribution is -2.37. The van der Waals surface area contributed by atoms with Crippen LogP contribution in [0.25, 0.3) is 0 Å². The maximum atomic E-state index is 12.0. The Labute approximate surface area is 112 Å². The number of nitriles is 1. The zero-order valence-corrected chi connectivity index (χ0v) is 11.0. The van der Waals surface area contributed by atoms with Crippen LogP contribution in [0.15, 0.2) is 18.2 Å². The molecule has 1 unspecified atom stereocenters. The maximum Gasteiger partial charge on any atom is 0.252 e. The minimum absolute atomic E-state index is 0.0613. The van der Waals surface area contributed by atoms with Crippen LogP contribution in [-0.2, 0) is 0 Å². The molecule has 0 saturated carbocycles. The van der Waals surface area contributed by atoms with E-state index in [4.69, 9.17) is 14.7 Å². The van der Waals surface area contributed by atoms with Crippen molar-refractivity contribution in [3.8, 4) is 17.6 Å². The Balaban J connectivity index is 2.14. The number of carbonyl (C=O) groups excluding carboxylic acids is 1. The van der Waals surface area contributed by atoms with Gasteiger partial charge in [0.2, 0.25) is 0 Å². The highest BCUT2D eigenvalue weighted by atomic mass is 16.6. The summed E-state index contributed by atoms with van der Waals surface area (Å²) in [5, 5.41) is 11.7. The van der Waals surface area contributed by atoms with Gasteiger partial charge in [0.15, 0.2) is 11.5 Å². The number of benzene rings is 1. The number of rotatable bonds is 3. The van der Waals surface area contributed by atoms with Gasteiger partial charge in [-0.1, -0.05) is 13.8 Å². The molecule has 0 saturated heterocycles. The van der Waals surface area contributed by atoms with Crippen LogP contribution in [0.4, 0.5) is 0 Å². The van der Waals surface area contributed by atoms with Gasteiger partial charge in [-0.3, -0.25) is 4.79 Å². The van der Waals surface area contributed by atoms with Crippen molar-refractivity contribution in [2.45, 2.75) is 19.9 Å². The van der Waals surface area contributed by atoms with Crippen LogP contribution < -0.4 is 14.8 Å². The first-order chi connectivity index (χ1) is 9.11. The van der Waals surface area contributed by atoms with Crippen molar-refractivity contribution in [2.75, 3.05) is 13.2 Å². The standard InChI is InChI=1S/C14H16N2O3/c1-9(2)11(8-15)16-14(17)10-3-4-12-13(7-10)19-6-5-18-12/h3-4,7,9,11H,5-6H2,1-2H3,(H,16,17). The summed E-state index contributed by atoms with van der Waals surface area (Å²) in [6.07, 6.45) is 0. The quantitative estimate of drug-likeness (QED) is 0.898. The number of nitrogens with one attached hydrogen (secondary N) is 1. The highest BCUT2D eigenvalue weighted by Gasteiger charge is 2.19. The second-order valence-electron chi connectivity index (χ2n) is 4.68. The van der Waals surface area contributed by atoms with E-state index in [1.54, 1.807) is 18.2 Å². The minimum Gasteiger partial charge on any atom is -0.486 e. The lowest BCUT2D eigenvalue weighted by molar-refractivity contribution is 0.0936. The number of ether oxygens (including phenoxy) is 2. The predicted molar refractivity (Wildman–Crippen MR) is 69.1 cm³/mol. The van der Waals surface area contributed by atoms with E-state index in [1.165, 1.54) is 0 Å². The molecule has 0 bridgehead atoms. The molecule has 100 valence electrons. The van der Waals surface area contributed by atoms with E-state index in [-0.39, 0.29) is 11.8 Å². The van der Waals surface area contributed by atoms with E-state index in [0.29, 0.717) is 30.3 Å². The minimum atomic E-state index is -0.499. The van der Waals surface area contributed by atoms with E-state index >= 15 is 0 Å². The van der Waals surface area contributed by atoms with Crippen LogP contribution in [0.1, 0.15) is 24.2 Å². The highest BCUT2D eigenvalue weighted by Crippen LogP contribution is 2.30. The summed E-state index contributed by atoms with van der Waals surface area (Å²) in [7, 11) is 0. The van der Waals surface area contributed by atoms with Gasteiger partial charge in [0.25, 0.3) is 5.91 Å². The lowest BCUT2D eigenvalue weighted by Gasteiger charge is -2.19. The Hall–Kier alpha value is -2.22. The Kier molecular flexibility index (Phi) is 3.91. The van der Waals surface area contributed by atoms with Crippen LogP contribution in [0.5, 0.6) is 11.5 Å². The zero-order valence-electron chi connectivity index (χ0n) is 11.0. The third kappa shape index (κ3) is 2.97. The van der Waals surface area contributed by atoms with E-state index < -0.39 is 6.04 Å². The Morgan fingerprint density at radius 2 is 2.00 bits per heavy atom. The zero-order chi connectivity index (χ0) is 13.8. The topological polar surface area (TPSA) is 71.4 Å². The molecule has 1 amide bonds. The Morgan fingerprint density at radius 1 is 1.32 bits per heavy atom. The molecule has 5 nitrogen and oxygen atoms in total. The molecule has 0 spiro atoms. The van der Waals surface area contributed by atoms with Crippen LogP contribution in [0.3, 0.4) is 0 Å². The molecule has 1 aromatic carbocycles. The molecule has 1 N–H and O–H groups in total. The van der Waals surface area contributed by atoms with Crippen molar-refractivity contribution in [1.82, 2.24) is 5.32 Å². The van der Waals surface area contributed by atoms with Crippen molar-refractivity contribution in [2.24, 2.45) is 5.92 Å². The van der Waals surface area contributed by atoms with Gasteiger partial charge in [-0.25, -0.2) is 0 Å². The van der Waals surface area contributed by atoms with Crippen molar-refractivity contribution in [1.29, 1.82) is 5.26 Å². The molecule has 1 aliphatic heterocycles. The molecule has 19 heavy (non-hydrogen) atoms. The van der Waals surface area contributed by atoms with Gasteiger partial charge in [0, 0.05) is 5.56 Å². The molecular formula is C14H16N2O3. The molecule has 1 heterocycles. The van der Waals surface area contributed by atoms with Gasteiger partial charge in [-0.15, -0.1) is 0 Å². The number of carbonyl (C=O) groups is 1. The van der Waals surface area contributed by atoms with Gasteiger partial charge in [0.1, 0.15) is 19.3 Å². The molecule has 0 aromatic heterocycles. The average molecular weight is 260 g/mol. The molecule has 5 heteroatoms. The van der Waals surface area contributed by atoms with Crippen LogP contribution in [-0.4, -0.2) is 25.2 Å². The van der Waals surface area contributed by atoms with Gasteiger partial charge in [-0.2, -0.15) is 5.26 Å². The molecule has 0 aliphatic carbocycles. The van der Waals surface area contributed by atoms with Gasteiger partial charge in [0.05, 0.1) is 6.07 Å². The fraction of sp³-hybridized carbons (Fsp3) is 0.429. The molecular weight excluding hydrogens is 244 g/mol. The number of hydrogen-bond donors (Lipinski definition) is 1. The predicted octanol–water partition coefficient (Wildman–Crippen LogP) is 1.74. The number of fused-ring (bicyclic) bond motifs is 1. The number of hydrogen-bond acceptors (Lipinski definition) is 4. The van der Waals surface area contributed by atoms with Crippen molar-refractivity contribution >= 4 is 5.91 Å². The fourth-order valence-corrected chi connectivity index (χ4v) is 1.76. The molecule has 2 rings (SSSR count). The maximum absolute atomic E-state index is 12.0. The first-order valence-corrected chi connectivity index (χ1v) is 6.22. The molecule has 1 atom stereocenters. The van der Waals surface area contributed by atoms with E-state index in [1.807, 2.05) is 13.8 Å². The summed E-state index contributed by atoms with van der Waals surface area (Å²) in [6, 6.07) is 6.59. The molecule has 1 aromatic rings. The van der Waals surface area contributed by atoms with Crippen LogP contribution >= 0.6 is 0 Å². The Morgan fingerprint density at radius 3 is 2.63 bits per heavy atom. The third-order valence-corrected chi connectivity index (χ3v) is 2.90. The largest absolute Gasteiger partial charge is 0.486 e. The van der Waals surface area contributed by atoms with Crippen LogP contribution in [0.2, 0.25) is 0 Å². The molecule has 0 radical (unpaired) electrons. The monoisotopic (exact) mass is 260 g/mol. The van der Waals surface area contributed by atoms with Crippen molar-refractivity contribution in [3.05, 3.63) is 23.8 Å². The second-order valence-corrected chi connectivity index (χ2v) is 4.68. The number of nitrogens with zero attached hydrogens (tertiary/aromatic N) is 1. The average Bonchev–Trinajstić information content (AvgIpc) is 2.43. The van der Waals surface area contributed by atoms with Gasteiger partial charge in [-0.05, 0) is 24.1 Å². The van der Waals surface area contributed by atoms with Gasteiger partial charge >= 0.3 is 0 Å². The first kappa shape index (κ1) is 13.2. The molecule has 1 aliphatic rings. The molecule has 0 fully saturated rings. The highest BCUT2D eigenvalue weighted by molar-refractivity contribution is 5.95. The summed E-state index contributed by atoms with van der Waals surface area (Å²) in [4.78, 5) is 12.0. The van der Waals surface area contributed by atoms with E-state index in [2.05, 4.69) is 11.4 Å². The van der Waals surface area contributed by atoms with Crippen molar-refractivity contribution in [3.63, 3.8) is 0 Å². The SMILES string of the molecule is CC(C)C(C#N)NC(=O)c1ccc2c(c1)OCCO2. The summed E-state index contributed by atoms with van der Waals surface area (Å²) in [5.74, 6) is 0.990. The normalized spacial score (nSPS) is 14.6. The van der Waals surface area contributed by atoms with E-state index in [0.717, 1.165) is 0 Å². The summed E-state index contributed by atoms with van der Waals surface area (Å²) < 4.78 is 10.8. The summed E-state index contributed by atoms with van der Waals surface area (Å²) in [5.41, 5.74) is 0.463. The van der Waals surface area contributed by atoms with Crippen LogP contribution in [0, 0.1) is 17.2 Å². The fourth-order valence-electron chi connectivity index (χ4n) is 1.76.